The summed E-state index contributed by atoms with van der Waals surface area (Å²) < 4.78 is 0. The molecule has 1 rings (SSSR count). The number of aliphatic hydroxyl groups is 1. The van der Waals surface area contributed by atoms with Gasteiger partial charge < -0.3 is 5.11 Å². The van der Waals surface area contributed by atoms with Crippen LogP contribution in [0, 0.1) is 0 Å². The van der Waals surface area contributed by atoms with Crippen LogP contribution in [0.15, 0.2) is 0 Å². The Bertz CT molecular complexity index is 86.0. The van der Waals surface area contributed by atoms with E-state index in [0.29, 0.717) is 0 Å². The molecule has 0 radical (unpaired) electrons. The van der Waals surface area contributed by atoms with Gasteiger partial charge >= 0.3 is 0 Å². The lowest BCUT2D eigenvalue weighted by atomic mass is 10.3. The van der Waals surface area contributed by atoms with Crippen LogP contribution in [-0.4, -0.2) is 32.7 Å². The first-order chi connectivity index (χ1) is 4.55. The molecule has 1 N–H and O–H groups in total. The van der Waals surface area contributed by atoms with E-state index in [4.69, 9.17) is 46.4 Å². The van der Waals surface area contributed by atoms with Crippen molar-refractivity contribution in [3.05, 3.63) is 0 Å². The van der Waals surface area contributed by atoms with E-state index in [-0.39, 0.29) is 0 Å². The monoisotopic (exact) mass is 222 g/mol. The molecule has 0 heterocycles. The second kappa shape index (κ2) is 3.24. The van der Waals surface area contributed by atoms with Crippen molar-refractivity contribution in [2.24, 2.45) is 0 Å². The lowest BCUT2D eigenvalue weighted by Crippen LogP contribution is -2.24. The number of hydrogen-bond acceptors (Lipinski definition) is 1. The van der Waals surface area contributed by atoms with Crippen LogP contribution >= 0.6 is 46.4 Å². The van der Waals surface area contributed by atoms with Crippen LogP contribution in [0.3, 0.4) is 0 Å². The first-order valence-electron chi connectivity index (χ1n) is 2.80. The Morgan fingerprint density at radius 2 is 1.00 bits per heavy atom. The first kappa shape index (κ1) is 9.21. The molecule has 5 heteroatoms. The van der Waals surface area contributed by atoms with Crippen LogP contribution in [0.2, 0.25) is 0 Å². The minimum atomic E-state index is -0.798. The van der Waals surface area contributed by atoms with E-state index in [1.165, 1.54) is 0 Å². The second-order valence-corrected chi connectivity index (χ2v) is 4.28. The number of halogens is 4. The van der Waals surface area contributed by atoms with E-state index >= 15 is 0 Å². The van der Waals surface area contributed by atoms with Gasteiger partial charge in [-0.2, -0.15) is 0 Å². The molecule has 60 valence electrons. The highest BCUT2D eigenvalue weighted by Crippen LogP contribution is 2.36. The predicted octanol–water partition coefficient (Wildman–Crippen LogP) is 1.79. The Morgan fingerprint density at radius 1 is 0.700 bits per heavy atom. The lowest BCUT2D eigenvalue weighted by Gasteiger charge is -2.08. The first-order valence-corrected chi connectivity index (χ1v) is 4.54. The van der Waals surface area contributed by atoms with Crippen molar-refractivity contribution in [2.45, 2.75) is 27.6 Å². The summed E-state index contributed by atoms with van der Waals surface area (Å²) in [5.41, 5.74) is 0. The van der Waals surface area contributed by atoms with Crippen molar-refractivity contribution < 1.29 is 5.11 Å². The molecule has 10 heavy (non-hydrogen) atoms. The molecule has 0 saturated heterocycles. The number of hydrogen-bond donors (Lipinski definition) is 1. The summed E-state index contributed by atoms with van der Waals surface area (Å²) >= 11 is 22.7. The van der Waals surface area contributed by atoms with Crippen LogP contribution in [0.1, 0.15) is 0 Å². The maximum atomic E-state index is 9.17. The highest BCUT2D eigenvalue weighted by molar-refractivity contribution is 6.40. The van der Waals surface area contributed by atoms with Crippen LogP contribution in [0.4, 0.5) is 0 Å². The Morgan fingerprint density at radius 3 is 1.10 bits per heavy atom. The summed E-state index contributed by atoms with van der Waals surface area (Å²) in [4.78, 5) is 0. The van der Waals surface area contributed by atoms with Gasteiger partial charge in [0, 0.05) is 0 Å². The Balaban J connectivity index is 2.68. The normalized spacial score (nSPS) is 55.5. The quantitative estimate of drug-likeness (QED) is 0.621. The zero-order valence-corrected chi connectivity index (χ0v) is 7.87. The molecule has 0 bridgehead atoms. The van der Waals surface area contributed by atoms with Gasteiger partial charge in [0.2, 0.25) is 0 Å². The van der Waals surface area contributed by atoms with Crippen LogP contribution < -0.4 is 0 Å². The fourth-order valence-electron chi connectivity index (χ4n) is 0.904. The summed E-state index contributed by atoms with van der Waals surface area (Å²) in [7, 11) is 0. The van der Waals surface area contributed by atoms with Crippen LogP contribution in [0.25, 0.3) is 0 Å². The highest BCUT2D eigenvalue weighted by atomic mass is 35.5. The summed E-state index contributed by atoms with van der Waals surface area (Å²) in [6, 6.07) is 0. The van der Waals surface area contributed by atoms with E-state index in [0.717, 1.165) is 0 Å². The largest absolute Gasteiger partial charge is 0.390 e. The topological polar surface area (TPSA) is 20.2 Å². The van der Waals surface area contributed by atoms with Gasteiger partial charge in [-0.15, -0.1) is 46.4 Å². The molecule has 1 nitrogen and oxygen atoms in total. The Hall–Kier alpha value is 1.12. The summed E-state index contributed by atoms with van der Waals surface area (Å²) in [5, 5.41) is 7.22. The van der Waals surface area contributed by atoms with Gasteiger partial charge in [0.15, 0.2) is 0 Å². The van der Waals surface area contributed by atoms with Gasteiger partial charge in [0.05, 0.1) is 27.6 Å². The van der Waals surface area contributed by atoms with E-state index in [9.17, 15) is 5.11 Å². The van der Waals surface area contributed by atoms with Crippen LogP contribution in [-0.2, 0) is 0 Å². The number of aliphatic hydroxyl groups excluding tert-OH is 1. The maximum absolute atomic E-state index is 9.17. The molecule has 0 aromatic rings. The van der Waals surface area contributed by atoms with Crippen molar-refractivity contribution in [3.63, 3.8) is 0 Å². The van der Waals surface area contributed by atoms with E-state index < -0.39 is 27.6 Å². The van der Waals surface area contributed by atoms with Crippen LogP contribution in [0.5, 0.6) is 0 Å². The smallest absolute Gasteiger partial charge is 0.0896 e. The molecule has 4 atom stereocenters. The average molecular weight is 224 g/mol. The summed E-state index contributed by atoms with van der Waals surface area (Å²) in [6.07, 6.45) is -0.798. The molecule has 0 aromatic carbocycles. The molecule has 1 saturated carbocycles. The molecular formula is C5H6Cl4O. The van der Waals surface area contributed by atoms with Gasteiger partial charge in [-0.1, -0.05) is 0 Å². The molecule has 4 unspecified atom stereocenters. The number of rotatable bonds is 0. The van der Waals surface area contributed by atoms with Gasteiger partial charge in [0.25, 0.3) is 0 Å². The third-order valence-electron chi connectivity index (χ3n) is 1.57. The second-order valence-electron chi connectivity index (χ2n) is 2.27. The molecule has 1 fully saturated rings. The Kier molecular flexibility index (Phi) is 2.98. The maximum Gasteiger partial charge on any atom is 0.0896 e. The summed E-state index contributed by atoms with van der Waals surface area (Å²) in [5.74, 6) is 0. The highest BCUT2D eigenvalue weighted by Gasteiger charge is 2.46. The number of alkyl halides is 4. The SMILES string of the molecule is OC1C(Cl)C(Cl)C(Cl)C1Cl. The van der Waals surface area contributed by atoms with Gasteiger partial charge in [-0.25, -0.2) is 0 Å². The van der Waals surface area contributed by atoms with Crippen molar-refractivity contribution in [1.82, 2.24) is 0 Å². The van der Waals surface area contributed by atoms with Gasteiger partial charge in [-0.3, -0.25) is 0 Å². The van der Waals surface area contributed by atoms with E-state index in [1.807, 2.05) is 0 Å². The predicted molar refractivity (Wildman–Crippen MR) is 44.6 cm³/mol. The fraction of sp³-hybridized carbons (Fsp3) is 1.00. The van der Waals surface area contributed by atoms with Crippen molar-refractivity contribution in [1.29, 1.82) is 0 Å². The lowest BCUT2D eigenvalue weighted by molar-refractivity contribution is 0.190. The van der Waals surface area contributed by atoms with Crippen molar-refractivity contribution in [2.75, 3.05) is 0 Å². The zero-order chi connectivity index (χ0) is 7.89. The van der Waals surface area contributed by atoms with Gasteiger partial charge in [0.1, 0.15) is 0 Å². The van der Waals surface area contributed by atoms with Crippen molar-refractivity contribution >= 4 is 46.4 Å². The Labute approximate surface area is 79.2 Å². The zero-order valence-electron chi connectivity index (χ0n) is 4.85. The minimum Gasteiger partial charge on any atom is -0.390 e. The van der Waals surface area contributed by atoms with Crippen molar-refractivity contribution in [3.8, 4) is 0 Å². The molecule has 0 aliphatic heterocycles. The molecule has 1 aliphatic carbocycles. The summed E-state index contributed by atoms with van der Waals surface area (Å²) in [6.45, 7) is 0. The fourth-order valence-corrected chi connectivity index (χ4v) is 2.37. The molecule has 0 aromatic heterocycles. The molecule has 0 amide bonds. The standard InChI is InChI=1S/C5H6Cl4O/c6-1-2(7)4(9)5(10)3(1)8/h1-5,10H. The van der Waals surface area contributed by atoms with Gasteiger partial charge in [-0.05, 0) is 0 Å². The third kappa shape index (κ3) is 1.35. The molecular weight excluding hydrogens is 218 g/mol. The molecule has 1 aliphatic rings. The van der Waals surface area contributed by atoms with E-state index in [1.54, 1.807) is 0 Å². The minimum absolute atomic E-state index is 0.444. The molecule has 0 spiro atoms. The van der Waals surface area contributed by atoms with E-state index in [2.05, 4.69) is 0 Å². The third-order valence-corrected chi connectivity index (χ3v) is 4.10. The average Bonchev–Trinajstić information content (AvgIpc) is 2.07.